The molecule has 0 aliphatic carbocycles. The van der Waals surface area contributed by atoms with E-state index in [2.05, 4.69) is 4.99 Å². The molecule has 1 atom stereocenters. The number of unbranched alkanes of at least 4 members (excludes halogenated alkanes) is 1. The number of carboxylic acids is 1. The van der Waals surface area contributed by atoms with E-state index in [0.29, 0.717) is 19.5 Å². The zero-order valence-corrected chi connectivity index (χ0v) is 11.8. The second kappa shape index (κ2) is 30.5. The van der Waals surface area contributed by atoms with E-state index in [1.54, 1.807) is 6.92 Å². The first-order valence-electron chi connectivity index (χ1n) is 5.73. The average Bonchev–Trinajstić information content (AvgIpc) is 2.42. The van der Waals surface area contributed by atoms with Gasteiger partial charge >= 0.3 is 5.97 Å². The van der Waals surface area contributed by atoms with Crippen LogP contribution in [0, 0.1) is 10.8 Å². The number of hydrogen-bond acceptors (Lipinski definition) is 9. The van der Waals surface area contributed by atoms with Gasteiger partial charge in [-0.1, -0.05) is 6.42 Å². The van der Waals surface area contributed by atoms with Crippen molar-refractivity contribution >= 4 is 24.2 Å². The molecule has 0 aliphatic rings. The number of nitrogens with one attached hydrogen (secondary N) is 2. The molecule has 0 aromatic heterocycles. The smallest absolute Gasteiger partial charge is 0.320 e. The van der Waals surface area contributed by atoms with Crippen LogP contribution in [-0.4, -0.2) is 48.4 Å². The van der Waals surface area contributed by atoms with Gasteiger partial charge in [-0.25, -0.2) is 30.2 Å². The number of isocyanates is 3. The molecule has 1 unspecified atom stereocenters. The molecular weight excluding hydrogens is 282 g/mol. The van der Waals surface area contributed by atoms with Crippen molar-refractivity contribution in [2.45, 2.75) is 32.2 Å². The van der Waals surface area contributed by atoms with E-state index in [4.69, 9.17) is 41.8 Å². The maximum absolute atomic E-state index is 10.1. The van der Waals surface area contributed by atoms with Crippen molar-refractivity contribution in [2.24, 2.45) is 16.5 Å². The van der Waals surface area contributed by atoms with E-state index in [0.717, 1.165) is 25.0 Å². The largest absolute Gasteiger partial charge is 0.480 e. The summed E-state index contributed by atoms with van der Waals surface area (Å²) in [6, 6.07) is -0.716. The number of carboxylic acid groups (broad SMARTS) is 1. The molecule has 0 fully saturated rings. The van der Waals surface area contributed by atoms with Crippen LogP contribution in [0.25, 0.3) is 0 Å². The average molecular weight is 303 g/mol. The normalized spacial score (nSPS) is 8.33. The fourth-order valence-corrected chi connectivity index (χ4v) is 0.697. The third kappa shape index (κ3) is 58.1. The van der Waals surface area contributed by atoms with Gasteiger partial charge < -0.3 is 16.6 Å². The zero-order valence-electron chi connectivity index (χ0n) is 11.8. The van der Waals surface area contributed by atoms with E-state index in [9.17, 15) is 4.79 Å². The Labute approximate surface area is 122 Å². The van der Waals surface area contributed by atoms with Crippen LogP contribution in [0.15, 0.2) is 4.99 Å². The highest BCUT2D eigenvalue weighted by Gasteiger charge is 2.09. The van der Waals surface area contributed by atoms with Crippen LogP contribution in [0.1, 0.15) is 26.2 Å². The topological polar surface area (TPSA) is 201 Å². The fourth-order valence-electron chi connectivity index (χ4n) is 0.697. The third-order valence-corrected chi connectivity index (χ3v) is 1.51. The van der Waals surface area contributed by atoms with Gasteiger partial charge in [0.1, 0.15) is 6.04 Å². The van der Waals surface area contributed by atoms with Crippen molar-refractivity contribution in [3.63, 3.8) is 0 Å². The predicted molar refractivity (Wildman–Crippen MR) is 74.0 cm³/mol. The lowest BCUT2D eigenvalue weighted by atomic mass is 10.1. The summed E-state index contributed by atoms with van der Waals surface area (Å²) in [5, 5.41) is 19.1. The summed E-state index contributed by atoms with van der Waals surface area (Å²) in [5.41, 5.74) is 10.4. The van der Waals surface area contributed by atoms with Gasteiger partial charge in [0.05, 0.1) is 0 Å². The number of carbonyl (C=O) groups excluding carboxylic acids is 3. The molecule has 10 nitrogen and oxygen atoms in total. The molecule has 0 saturated carbocycles. The third-order valence-electron chi connectivity index (χ3n) is 1.51. The highest BCUT2D eigenvalue weighted by atomic mass is 16.4. The van der Waals surface area contributed by atoms with Gasteiger partial charge in [0, 0.05) is 6.54 Å². The first-order chi connectivity index (χ1) is 9.92. The molecule has 0 rings (SSSR count). The van der Waals surface area contributed by atoms with E-state index in [1.807, 2.05) is 0 Å². The number of aliphatic carboxylic acids is 1. The van der Waals surface area contributed by atoms with E-state index in [1.165, 1.54) is 6.08 Å². The van der Waals surface area contributed by atoms with E-state index < -0.39 is 12.0 Å². The van der Waals surface area contributed by atoms with Crippen LogP contribution in [0.5, 0.6) is 0 Å². The summed E-state index contributed by atoms with van der Waals surface area (Å²) in [7, 11) is 0. The van der Waals surface area contributed by atoms with Crippen molar-refractivity contribution in [3.05, 3.63) is 0 Å². The summed E-state index contributed by atoms with van der Waals surface area (Å²) in [4.78, 5) is 39.1. The summed E-state index contributed by atoms with van der Waals surface area (Å²) < 4.78 is 0. The molecule has 0 bridgehead atoms. The Balaban J connectivity index is -0.000000110. The molecule has 0 aromatic carbocycles. The Morgan fingerprint density at radius 2 is 1.67 bits per heavy atom. The van der Waals surface area contributed by atoms with Crippen LogP contribution < -0.4 is 11.5 Å². The molecule has 0 aliphatic heterocycles. The molecule has 7 N–H and O–H groups in total. The van der Waals surface area contributed by atoms with Gasteiger partial charge in [-0.2, -0.15) is 0 Å². The summed E-state index contributed by atoms with van der Waals surface area (Å²) >= 11 is 0. The van der Waals surface area contributed by atoms with E-state index in [-0.39, 0.29) is 0 Å². The van der Waals surface area contributed by atoms with Crippen molar-refractivity contribution in [3.8, 4) is 0 Å². The minimum Gasteiger partial charge on any atom is -0.480 e. The van der Waals surface area contributed by atoms with Crippen molar-refractivity contribution in [1.29, 1.82) is 10.8 Å². The van der Waals surface area contributed by atoms with Crippen molar-refractivity contribution in [2.75, 3.05) is 13.1 Å². The first kappa shape index (κ1) is 27.0. The second-order valence-corrected chi connectivity index (χ2v) is 3.00. The Hall–Kier alpha value is -2.47. The maximum atomic E-state index is 10.1. The maximum Gasteiger partial charge on any atom is 0.320 e. The summed E-state index contributed by atoms with van der Waals surface area (Å²) in [6.07, 6.45) is 5.06. The Morgan fingerprint density at radius 3 is 1.86 bits per heavy atom. The monoisotopic (exact) mass is 303 g/mol. The molecule has 10 heteroatoms. The minimum atomic E-state index is -0.933. The highest BCUT2D eigenvalue weighted by Crippen LogP contribution is 1.96. The SMILES string of the molecule is CCN=C=O.N=C=O.N=C=O.NCCCCC(N)C(=O)O. The number of hydrogen-bond donors (Lipinski definition) is 5. The second-order valence-electron chi connectivity index (χ2n) is 3.00. The lowest BCUT2D eigenvalue weighted by Gasteiger charge is -2.03. The predicted octanol–water partition coefficient (Wildman–Crippen LogP) is -0.329. The number of nitrogens with two attached hydrogens (primary N) is 2. The molecule has 0 saturated heterocycles. The van der Waals surface area contributed by atoms with Gasteiger partial charge in [0.2, 0.25) is 18.2 Å². The van der Waals surface area contributed by atoms with E-state index >= 15 is 0 Å². The zero-order chi connectivity index (χ0) is 17.5. The van der Waals surface area contributed by atoms with Crippen LogP contribution in [-0.2, 0) is 19.2 Å². The van der Waals surface area contributed by atoms with Gasteiger partial charge in [-0.05, 0) is 26.3 Å². The Morgan fingerprint density at radius 1 is 1.24 bits per heavy atom. The molecule has 0 amide bonds. The van der Waals surface area contributed by atoms with Crippen molar-refractivity contribution in [1.82, 2.24) is 0 Å². The Kier molecular flexibility index (Phi) is 39.2. The summed E-state index contributed by atoms with van der Waals surface area (Å²) in [5.74, 6) is -0.933. The highest BCUT2D eigenvalue weighted by molar-refractivity contribution is 5.72. The van der Waals surface area contributed by atoms with Gasteiger partial charge in [-0.3, -0.25) is 4.79 Å². The quantitative estimate of drug-likeness (QED) is 0.251. The fraction of sp³-hybridized carbons (Fsp3) is 0.636. The molecule has 0 spiro atoms. The number of nitrogens with zero attached hydrogens (tertiary/aromatic N) is 1. The lowest BCUT2D eigenvalue weighted by molar-refractivity contribution is -0.138. The number of aliphatic imine (C=N–C) groups is 1. The van der Waals surface area contributed by atoms with Crippen LogP contribution in [0.4, 0.5) is 0 Å². The van der Waals surface area contributed by atoms with Crippen LogP contribution in [0.3, 0.4) is 0 Å². The van der Waals surface area contributed by atoms with Crippen LogP contribution in [0.2, 0.25) is 0 Å². The minimum absolute atomic E-state index is 0.520. The molecule has 21 heavy (non-hydrogen) atoms. The van der Waals surface area contributed by atoms with Crippen molar-refractivity contribution < 1.29 is 24.3 Å². The summed E-state index contributed by atoms with van der Waals surface area (Å²) in [6.45, 7) is 2.93. The van der Waals surface area contributed by atoms with Gasteiger partial charge in [-0.15, -0.1) is 0 Å². The molecule has 0 aromatic rings. The lowest BCUT2D eigenvalue weighted by Crippen LogP contribution is -2.29. The molecule has 120 valence electrons. The molecule has 0 radical (unpaired) electrons. The van der Waals surface area contributed by atoms with Gasteiger partial charge in [0.15, 0.2) is 0 Å². The number of rotatable bonds is 6. The molecule has 0 heterocycles. The van der Waals surface area contributed by atoms with Gasteiger partial charge in [0.25, 0.3) is 0 Å². The standard InChI is InChI=1S/C6H14N2O2.C3H5NO.2CHNO/c7-4-2-1-3-5(8)6(9)10;1-2-4-3-5;2*2-1-3/h5H,1-4,7-8H2,(H,9,10);2H2,1H3;2*2H. The first-order valence-corrected chi connectivity index (χ1v) is 5.73. The van der Waals surface area contributed by atoms with Crippen LogP contribution >= 0.6 is 0 Å². The Bertz CT molecular complexity index is 331. The number of carbonyl (C=O) groups is 1. The molecular formula is C11H21N5O5.